The molecule has 0 bridgehead atoms. The van der Waals surface area contributed by atoms with Crippen LogP contribution in [0.25, 0.3) is 0 Å². The highest BCUT2D eigenvalue weighted by Crippen LogP contribution is 2.52. The lowest BCUT2D eigenvalue weighted by Crippen LogP contribution is -2.40. The third-order valence-electron chi connectivity index (χ3n) is 5.72. The molecule has 1 saturated carbocycles. The topological polar surface area (TPSA) is 132 Å². The Morgan fingerprint density at radius 2 is 1.80 bits per heavy atom. The van der Waals surface area contributed by atoms with Crippen LogP contribution in [-0.4, -0.2) is 63.7 Å². The molecule has 0 radical (unpaired) electrons. The van der Waals surface area contributed by atoms with Gasteiger partial charge in [0.2, 0.25) is 0 Å². The Balaban J connectivity index is 2.48. The summed E-state index contributed by atoms with van der Waals surface area (Å²) in [5.41, 5.74) is -1.07. The van der Waals surface area contributed by atoms with Crippen molar-refractivity contribution in [2.75, 3.05) is 20.3 Å². The Morgan fingerprint density at radius 1 is 1.20 bits per heavy atom. The SMILES string of the molecule is CCOP(=O)(/C=C/[C@H]1C[C@@H](n2ccc(=O)[nH]c2=O)[C@H](OC)[C@@H]1OP(O)N(C(C)C)C(C)C)OCC. The average molecular weight is 536 g/mol. The van der Waals surface area contributed by atoms with Gasteiger partial charge >= 0.3 is 13.3 Å². The van der Waals surface area contributed by atoms with Gasteiger partial charge in [-0.2, -0.15) is 0 Å². The number of rotatable bonds is 13. The minimum absolute atomic E-state index is 0.0243. The summed E-state index contributed by atoms with van der Waals surface area (Å²) < 4.78 is 39.0. The zero-order valence-corrected chi connectivity index (χ0v) is 23.3. The molecule has 13 heteroatoms. The fraction of sp³-hybridized carbons (Fsp3) is 0.727. The Morgan fingerprint density at radius 3 is 2.29 bits per heavy atom. The molecule has 11 nitrogen and oxygen atoms in total. The molecule has 5 atom stereocenters. The van der Waals surface area contributed by atoms with Gasteiger partial charge in [-0.3, -0.25) is 18.9 Å². The second kappa shape index (κ2) is 13.4. The molecule has 1 unspecified atom stereocenters. The number of methoxy groups -OCH3 is 1. The van der Waals surface area contributed by atoms with Crippen molar-refractivity contribution in [2.45, 2.75) is 78.3 Å². The molecule has 35 heavy (non-hydrogen) atoms. The van der Waals surface area contributed by atoms with E-state index in [0.29, 0.717) is 6.42 Å². The molecule has 0 saturated heterocycles. The van der Waals surface area contributed by atoms with Crippen LogP contribution in [-0.2, 0) is 22.9 Å². The number of hydrogen-bond acceptors (Lipinski definition) is 9. The largest absolute Gasteiger partial charge is 0.377 e. The standard InChI is InChI=1S/C22H39N3O8P2/c1-8-31-35(29,32-9-2)13-11-17-14-18(24-12-10-19(26)23-22(24)27)21(30-7)20(17)33-34(28)25(15(3)4)16(5)6/h10-13,15-18,20-21,28H,8-9,14H2,1-7H3,(H,23,26,27)/b13-11+/t17-,18+,20+,21-,34?/m0/s1. The molecular weight excluding hydrogens is 496 g/mol. The van der Waals surface area contributed by atoms with Crippen molar-refractivity contribution in [2.24, 2.45) is 5.92 Å². The molecule has 0 amide bonds. The molecule has 2 N–H and O–H groups in total. The van der Waals surface area contributed by atoms with Gasteiger partial charge in [0.05, 0.1) is 19.3 Å². The van der Waals surface area contributed by atoms with Gasteiger partial charge in [-0.15, -0.1) is 0 Å². The molecule has 1 aromatic heterocycles. The number of aromatic amines is 1. The fourth-order valence-electron chi connectivity index (χ4n) is 4.44. The number of aromatic nitrogens is 2. The first-order chi connectivity index (χ1) is 16.5. The van der Waals surface area contributed by atoms with E-state index in [1.54, 1.807) is 19.9 Å². The molecule has 1 aliphatic rings. The highest BCUT2D eigenvalue weighted by molar-refractivity contribution is 7.57. The number of nitrogens with one attached hydrogen (secondary N) is 1. The lowest BCUT2D eigenvalue weighted by Gasteiger charge is -2.36. The van der Waals surface area contributed by atoms with Gasteiger partial charge in [0.1, 0.15) is 12.2 Å². The molecule has 1 aliphatic carbocycles. The van der Waals surface area contributed by atoms with Crippen molar-refractivity contribution in [1.29, 1.82) is 0 Å². The van der Waals surface area contributed by atoms with Crippen LogP contribution in [0.4, 0.5) is 0 Å². The molecule has 0 spiro atoms. The van der Waals surface area contributed by atoms with Gasteiger partial charge in [-0.05, 0) is 48.0 Å². The first-order valence-electron chi connectivity index (χ1n) is 11.8. The Bertz CT molecular complexity index is 977. The van der Waals surface area contributed by atoms with E-state index < -0.39 is 51.5 Å². The molecule has 1 heterocycles. The van der Waals surface area contributed by atoms with Crippen molar-refractivity contribution in [3.8, 4) is 0 Å². The summed E-state index contributed by atoms with van der Waals surface area (Å²) in [6, 6.07) is 0.814. The Labute approximate surface area is 207 Å². The van der Waals surface area contributed by atoms with Crippen molar-refractivity contribution in [1.82, 2.24) is 14.2 Å². The highest BCUT2D eigenvalue weighted by atomic mass is 31.2. The summed E-state index contributed by atoms with van der Waals surface area (Å²) in [5, 5.41) is 0. The van der Waals surface area contributed by atoms with E-state index >= 15 is 0 Å². The van der Waals surface area contributed by atoms with Crippen molar-refractivity contribution in [3.05, 3.63) is 45.0 Å². The zero-order chi connectivity index (χ0) is 26.3. The van der Waals surface area contributed by atoms with E-state index in [9.17, 15) is 19.0 Å². The fourth-order valence-corrected chi connectivity index (χ4v) is 7.23. The summed E-state index contributed by atoms with van der Waals surface area (Å²) >= 11 is 0. The molecule has 1 aromatic rings. The maximum Gasteiger partial charge on any atom is 0.353 e. The third-order valence-corrected chi connectivity index (χ3v) is 9.25. The van der Waals surface area contributed by atoms with Gasteiger partial charge < -0.3 is 23.2 Å². The van der Waals surface area contributed by atoms with Gasteiger partial charge in [0.25, 0.3) is 14.1 Å². The van der Waals surface area contributed by atoms with Crippen molar-refractivity contribution >= 4 is 16.1 Å². The molecule has 0 aliphatic heterocycles. The lowest BCUT2D eigenvalue weighted by atomic mass is 10.1. The van der Waals surface area contributed by atoms with Gasteiger partial charge in [-0.25, -0.2) is 9.46 Å². The van der Waals surface area contributed by atoms with Crippen LogP contribution in [0.3, 0.4) is 0 Å². The van der Waals surface area contributed by atoms with Crippen LogP contribution in [0, 0.1) is 5.92 Å². The zero-order valence-electron chi connectivity index (χ0n) is 21.5. The van der Waals surface area contributed by atoms with Crippen LogP contribution in [0.5, 0.6) is 0 Å². The maximum atomic E-state index is 13.0. The summed E-state index contributed by atoms with van der Waals surface area (Å²) in [4.78, 5) is 37.5. The predicted molar refractivity (Wildman–Crippen MR) is 135 cm³/mol. The number of ether oxygens (including phenoxy) is 1. The second-order valence-corrected chi connectivity index (χ2v) is 11.9. The second-order valence-electron chi connectivity index (χ2n) is 8.79. The van der Waals surface area contributed by atoms with Gasteiger partial charge in [0.15, 0.2) is 0 Å². The Hall–Kier alpha value is -1.16. The monoisotopic (exact) mass is 535 g/mol. The summed E-state index contributed by atoms with van der Waals surface area (Å²) in [7, 11) is -3.98. The van der Waals surface area contributed by atoms with Crippen LogP contribution >= 0.6 is 16.1 Å². The van der Waals surface area contributed by atoms with Crippen LogP contribution < -0.4 is 11.2 Å². The van der Waals surface area contributed by atoms with Crippen molar-refractivity contribution < 1.29 is 27.8 Å². The molecule has 0 aromatic carbocycles. The molecule has 2 rings (SSSR count). The summed E-state index contributed by atoms with van der Waals surface area (Å²) in [5.74, 6) is 1.02. The van der Waals surface area contributed by atoms with Crippen LogP contribution in [0.1, 0.15) is 54.0 Å². The van der Waals surface area contributed by atoms with E-state index in [4.69, 9.17) is 18.3 Å². The smallest absolute Gasteiger partial charge is 0.353 e. The molecule has 200 valence electrons. The summed E-state index contributed by atoms with van der Waals surface area (Å²) in [6.45, 7) is 11.8. The number of H-pyrrole nitrogens is 1. The Kier molecular flexibility index (Phi) is 11.5. The van der Waals surface area contributed by atoms with E-state index in [-0.39, 0.29) is 25.3 Å². The van der Waals surface area contributed by atoms with Crippen molar-refractivity contribution in [3.63, 3.8) is 0 Å². The average Bonchev–Trinajstić information content (AvgIpc) is 3.09. The first-order valence-corrected chi connectivity index (χ1v) is 14.6. The van der Waals surface area contributed by atoms with E-state index in [1.165, 1.54) is 29.8 Å². The summed E-state index contributed by atoms with van der Waals surface area (Å²) in [6.07, 6.45) is 2.18. The molecular formula is C22H39N3O8P2. The van der Waals surface area contributed by atoms with E-state index in [1.807, 2.05) is 32.4 Å². The van der Waals surface area contributed by atoms with E-state index in [2.05, 4.69) is 4.98 Å². The van der Waals surface area contributed by atoms with E-state index in [0.717, 1.165) is 0 Å². The van der Waals surface area contributed by atoms with Gasteiger partial charge in [-0.1, -0.05) is 6.08 Å². The predicted octanol–water partition coefficient (Wildman–Crippen LogP) is 3.62. The third kappa shape index (κ3) is 7.66. The lowest BCUT2D eigenvalue weighted by molar-refractivity contribution is -0.0106. The van der Waals surface area contributed by atoms with Crippen LogP contribution in [0.15, 0.2) is 33.7 Å². The normalized spacial score (nSPS) is 24.3. The first kappa shape index (κ1) is 30.1. The maximum absolute atomic E-state index is 13.0. The quantitative estimate of drug-likeness (QED) is 0.364. The molecule has 1 fully saturated rings. The highest BCUT2D eigenvalue weighted by Gasteiger charge is 2.47. The minimum Gasteiger partial charge on any atom is -0.377 e. The number of hydrogen-bond donors (Lipinski definition) is 2. The minimum atomic E-state index is -3.48. The number of nitrogens with zero attached hydrogens (tertiary/aromatic N) is 2. The van der Waals surface area contributed by atoms with Crippen LogP contribution in [0.2, 0.25) is 0 Å². The van der Waals surface area contributed by atoms with Gasteiger partial charge in [0, 0.05) is 43.2 Å².